The average Bonchev–Trinajstić information content (AvgIpc) is 3.22. The van der Waals surface area contributed by atoms with Crippen LogP contribution < -0.4 is 0 Å². The van der Waals surface area contributed by atoms with E-state index in [1.807, 2.05) is 23.6 Å². The van der Waals surface area contributed by atoms with E-state index < -0.39 is 21.6 Å². The maximum absolute atomic E-state index is 12.5. The average molecular weight is 365 g/mol. The number of amides is 1. The maximum Gasteiger partial charge on any atom is 0.233 e. The van der Waals surface area contributed by atoms with Crippen LogP contribution in [0, 0.1) is 0 Å². The van der Waals surface area contributed by atoms with Crippen LogP contribution in [0.5, 0.6) is 0 Å². The van der Waals surface area contributed by atoms with Crippen LogP contribution >= 0.6 is 11.3 Å². The third kappa shape index (κ3) is 3.66. The number of hydrogen-bond acceptors (Lipinski definition) is 6. The molecule has 2 heterocycles. The molecule has 24 heavy (non-hydrogen) atoms. The van der Waals surface area contributed by atoms with E-state index in [9.17, 15) is 18.4 Å². The number of hydroxylamine groups is 2. The summed E-state index contributed by atoms with van der Waals surface area (Å²) >= 11 is 1.59. The van der Waals surface area contributed by atoms with E-state index in [-0.39, 0.29) is 17.9 Å². The van der Waals surface area contributed by atoms with Gasteiger partial charge in [-0.15, -0.1) is 11.3 Å². The molecular formula is C16H15NO5S2. The molecule has 0 fully saturated rings. The van der Waals surface area contributed by atoms with Gasteiger partial charge < -0.3 is 4.42 Å². The number of nitrogens with zero attached hydrogens (tertiary/aromatic N) is 1. The second kappa shape index (κ2) is 6.76. The zero-order valence-electron chi connectivity index (χ0n) is 12.5. The molecule has 0 saturated heterocycles. The van der Waals surface area contributed by atoms with E-state index in [0.717, 1.165) is 10.1 Å². The Morgan fingerprint density at radius 2 is 2.12 bits per heavy atom. The van der Waals surface area contributed by atoms with E-state index in [1.54, 1.807) is 23.5 Å². The summed E-state index contributed by atoms with van der Waals surface area (Å²) in [6, 6.07) is 9.44. The van der Waals surface area contributed by atoms with Gasteiger partial charge >= 0.3 is 0 Å². The molecule has 6 nitrogen and oxygen atoms in total. The molecule has 1 atom stereocenters. The molecule has 0 aliphatic carbocycles. The molecule has 0 aliphatic rings. The number of carbonyl (C=O) groups is 1. The molecule has 8 heteroatoms. The van der Waals surface area contributed by atoms with Gasteiger partial charge in [-0.25, -0.2) is 13.5 Å². The molecule has 0 aliphatic heterocycles. The lowest BCUT2D eigenvalue weighted by Gasteiger charge is -2.20. The van der Waals surface area contributed by atoms with Crippen LogP contribution in [0.4, 0.5) is 0 Å². The third-order valence-corrected chi connectivity index (χ3v) is 6.11. The van der Waals surface area contributed by atoms with Gasteiger partial charge in [0.2, 0.25) is 6.41 Å². The Morgan fingerprint density at radius 1 is 1.29 bits per heavy atom. The first kappa shape index (κ1) is 16.7. The number of thiophene rings is 1. The van der Waals surface area contributed by atoms with Crippen LogP contribution in [0.1, 0.15) is 17.4 Å². The molecule has 0 saturated carbocycles. The van der Waals surface area contributed by atoms with Gasteiger partial charge in [0.25, 0.3) is 0 Å². The number of sulfone groups is 1. The number of carbonyl (C=O) groups excluding carboxylic acids is 1. The van der Waals surface area contributed by atoms with Crippen LogP contribution in [-0.4, -0.2) is 30.9 Å². The predicted octanol–water partition coefficient (Wildman–Crippen LogP) is 3.00. The molecule has 0 bridgehead atoms. The molecule has 0 spiro atoms. The summed E-state index contributed by atoms with van der Waals surface area (Å²) in [6.45, 7) is 0. The second-order valence-corrected chi connectivity index (χ2v) is 8.42. The molecule has 3 aromatic rings. The number of rotatable bonds is 7. The molecule has 1 aromatic carbocycles. The number of hydrogen-bond donors (Lipinski definition) is 1. The van der Waals surface area contributed by atoms with Crippen molar-refractivity contribution in [3.05, 3.63) is 59.4 Å². The number of benzene rings is 1. The normalized spacial score (nSPS) is 13.0. The van der Waals surface area contributed by atoms with Gasteiger partial charge in [0, 0.05) is 4.70 Å². The SMILES string of the molecule is O=CN(O)C(CS(=O)(=O)Cc1ccc2sccc2c1)c1ccco1. The summed E-state index contributed by atoms with van der Waals surface area (Å²) < 4.78 is 31.2. The van der Waals surface area contributed by atoms with Crippen molar-refractivity contribution in [3.63, 3.8) is 0 Å². The molecule has 1 unspecified atom stereocenters. The fraction of sp³-hybridized carbons (Fsp3) is 0.188. The minimum atomic E-state index is -3.58. The van der Waals surface area contributed by atoms with Crippen molar-refractivity contribution in [3.8, 4) is 0 Å². The fourth-order valence-electron chi connectivity index (χ4n) is 2.50. The van der Waals surface area contributed by atoms with Crippen molar-refractivity contribution in [1.29, 1.82) is 0 Å². The van der Waals surface area contributed by atoms with E-state index in [2.05, 4.69) is 0 Å². The maximum atomic E-state index is 12.5. The first-order valence-corrected chi connectivity index (χ1v) is 9.81. The monoisotopic (exact) mass is 365 g/mol. The van der Waals surface area contributed by atoms with E-state index in [0.29, 0.717) is 10.6 Å². The van der Waals surface area contributed by atoms with Crippen molar-refractivity contribution in [2.24, 2.45) is 0 Å². The summed E-state index contributed by atoms with van der Waals surface area (Å²) in [5.74, 6) is -0.401. The minimum Gasteiger partial charge on any atom is -0.467 e. The highest BCUT2D eigenvalue weighted by atomic mass is 32.2. The topological polar surface area (TPSA) is 87.8 Å². The highest BCUT2D eigenvalue weighted by Gasteiger charge is 2.27. The van der Waals surface area contributed by atoms with Crippen molar-refractivity contribution < 1.29 is 22.8 Å². The van der Waals surface area contributed by atoms with Crippen molar-refractivity contribution in [2.75, 3.05) is 5.75 Å². The van der Waals surface area contributed by atoms with E-state index in [1.165, 1.54) is 12.3 Å². The minimum absolute atomic E-state index is 0.167. The number of furan rings is 1. The van der Waals surface area contributed by atoms with E-state index in [4.69, 9.17) is 4.42 Å². The van der Waals surface area contributed by atoms with Crippen LogP contribution in [0.15, 0.2) is 52.5 Å². The predicted molar refractivity (Wildman–Crippen MR) is 90.5 cm³/mol. The van der Waals surface area contributed by atoms with Crippen molar-refractivity contribution in [1.82, 2.24) is 5.06 Å². The lowest BCUT2D eigenvalue weighted by atomic mass is 10.2. The first-order valence-electron chi connectivity index (χ1n) is 7.11. The fourth-order valence-corrected chi connectivity index (χ4v) is 4.88. The smallest absolute Gasteiger partial charge is 0.233 e. The van der Waals surface area contributed by atoms with E-state index >= 15 is 0 Å². The Labute approximate surface area is 142 Å². The molecule has 1 amide bonds. The van der Waals surface area contributed by atoms with Crippen molar-refractivity contribution in [2.45, 2.75) is 11.8 Å². The molecule has 126 valence electrons. The Bertz CT molecular complexity index is 930. The quantitative estimate of drug-likeness (QED) is 0.395. The lowest BCUT2D eigenvalue weighted by Crippen LogP contribution is -2.30. The van der Waals surface area contributed by atoms with Gasteiger partial charge in [0.15, 0.2) is 9.84 Å². The number of fused-ring (bicyclic) bond motifs is 1. The van der Waals surface area contributed by atoms with Crippen molar-refractivity contribution >= 4 is 37.7 Å². The lowest BCUT2D eigenvalue weighted by molar-refractivity contribution is -0.160. The molecule has 2 aromatic heterocycles. The van der Waals surface area contributed by atoms with Crippen LogP contribution in [0.3, 0.4) is 0 Å². The largest absolute Gasteiger partial charge is 0.467 e. The van der Waals surface area contributed by atoms with Crippen LogP contribution in [-0.2, 0) is 20.4 Å². The first-order chi connectivity index (χ1) is 11.5. The van der Waals surface area contributed by atoms with Gasteiger partial charge in [-0.2, -0.15) is 0 Å². The van der Waals surface area contributed by atoms with Gasteiger partial charge in [0.1, 0.15) is 11.8 Å². The zero-order valence-corrected chi connectivity index (χ0v) is 14.2. The van der Waals surface area contributed by atoms with Crippen LogP contribution in [0.2, 0.25) is 0 Å². The second-order valence-electron chi connectivity index (χ2n) is 5.36. The van der Waals surface area contributed by atoms with Gasteiger partial charge in [0.05, 0.1) is 17.8 Å². The molecule has 0 radical (unpaired) electrons. The summed E-state index contributed by atoms with van der Waals surface area (Å²) in [7, 11) is -3.58. The summed E-state index contributed by atoms with van der Waals surface area (Å²) in [4.78, 5) is 10.8. The highest BCUT2D eigenvalue weighted by Crippen LogP contribution is 2.25. The Morgan fingerprint density at radius 3 is 2.83 bits per heavy atom. The summed E-state index contributed by atoms with van der Waals surface area (Å²) in [6.07, 6.45) is 1.53. The summed E-state index contributed by atoms with van der Waals surface area (Å²) in [5.41, 5.74) is 0.662. The Balaban J connectivity index is 1.82. The molecular weight excluding hydrogens is 350 g/mol. The van der Waals surface area contributed by atoms with Gasteiger partial charge in [-0.1, -0.05) is 6.07 Å². The van der Waals surface area contributed by atoms with Crippen LogP contribution in [0.25, 0.3) is 10.1 Å². The zero-order chi connectivity index (χ0) is 17.2. The van der Waals surface area contributed by atoms with Gasteiger partial charge in [-0.05, 0) is 46.7 Å². The Kier molecular flexibility index (Phi) is 4.70. The Hall–Kier alpha value is -2.16. The molecule has 3 rings (SSSR count). The standard InChI is InChI=1S/C16H15NO5S2/c18-11-17(19)14(15-2-1-6-22-15)10-24(20,21)9-12-3-4-16-13(8-12)5-7-23-16/h1-8,11,14,19H,9-10H2. The third-order valence-electron chi connectivity index (χ3n) is 3.61. The summed E-state index contributed by atoms with van der Waals surface area (Å²) in [5, 5.41) is 12.9. The highest BCUT2D eigenvalue weighted by molar-refractivity contribution is 7.90. The van der Waals surface area contributed by atoms with Gasteiger partial charge in [-0.3, -0.25) is 10.0 Å². The molecule has 1 N–H and O–H groups in total.